The largest absolute Gasteiger partial charge is 0.368 e. The molecule has 4 rings (SSSR count). The zero-order valence-electron chi connectivity index (χ0n) is 10.7. The quantitative estimate of drug-likeness (QED) is 0.878. The molecular weight excluding hydrogens is 262 g/mol. The number of halogens is 1. The molecule has 2 aliphatic rings. The third-order valence-corrected chi connectivity index (χ3v) is 3.93. The fourth-order valence-corrected chi connectivity index (χ4v) is 2.84. The first-order valence-electron chi connectivity index (χ1n) is 6.71. The second-order valence-corrected chi connectivity index (χ2v) is 5.21. The summed E-state index contributed by atoms with van der Waals surface area (Å²) < 4.78 is 0. The predicted molar refractivity (Wildman–Crippen MR) is 78.2 cm³/mol. The van der Waals surface area contributed by atoms with Gasteiger partial charge in [0, 0.05) is 32.4 Å². The molecule has 0 amide bonds. The van der Waals surface area contributed by atoms with Crippen LogP contribution in [0, 0.1) is 0 Å². The first-order chi connectivity index (χ1) is 8.93. The standard InChI is InChI=1S/C13H17N5.ClH/c1-2-9(1)10-7-15-13-11(8-16-17-13)12(10)18-5-3-14-4-6-18;/h7-9,14H,1-6H2,(H,15,16,17);1H. The van der Waals surface area contributed by atoms with E-state index in [2.05, 4.69) is 31.6 Å². The second-order valence-electron chi connectivity index (χ2n) is 5.21. The van der Waals surface area contributed by atoms with Crippen molar-refractivity contribution in [3.05, 3.63) is 18.0 Å². The first-order valence-corrected chi connectivity index (χ1v) is 6.71. The zero-order valence-corrected chi connectivity index (χ0v) is 11.5. The molecule has 1 saturated carbocycles. The van der Waals surface area contributed by atoms with Gasteiger partial charge >= 0.3 is 0 Å². The van der Waals surface area contributed by atoms with Crippen LogP contribution >= 0.6 is 12.4 Å². The number of hydrogen-bond acceptors (Lipinski definition) is 4. The molecule has 0 unspecified atom stereocenters. The van der Waals surface area contributed by atoms with Gasteiger partial charge in [0.05, 0.1) is 17.3 Å². The Kier molecular flexibility index (Phi) is 3.33. The molecule has 5 nitrogen and oxygen atoms in total. The number of H-pyrrole nitrogens is 1. The van der Waals surface area contributed by atoms with Crippen molar-refractivity contribution in [1.82, 2.24) is 20.5 Å². The maximum absolute atomic E-state index is 4.50. The highest BCUT2D eigenvalue weighted by molar-refractivity contribution is 5.91. The maximum atomic E-state index is 4.50. The summed E-state index contributed by atoms with van der Waals surface area (Å²) in [6.45, 7) is 4.27. The lowest BCUT2D eigenvalue weighted by atomic mass is 10.1. The summed E-state index contributed by atoms with van der Waals surface area (Å²) in [7, 11) is 0. The Balaban J connectivity index is 0.00000110. The number of hydrogen-bond donors (Lipinski definition) is 2. The van der Waals surface area contributed by atoms with Gasteiger partial charge in [-0.05, 0) is 24.3 Å². The van der Waals surface area contributed by atoms with E-state index in [1.54, 1.807) is 0 Å². The molecule has 1 aliphatic carbocycles. The van der Waals surface area contributed by atoms with Gasteiger partial charge in [0.25, 0.3) is 0 Å². The molecule has 1 aliphatic heterocycles. The number of anilines is 1. The van der Waals surface area contributed by atoms with Crippen LogP contribution in [-0.2, 0) is 0 Å². The Bertz CT molecular complexity index is 571. The van der Waals surface area contributed by atoms with Crippen molar-refractivity contribution >= 4 is 29.1 Å². The molecule has 0 bridgehead atoms. The average Bonchev–Trinajstić information content (AvgIpc) is 3.16. The van der Waals surface area contributed by atoms with Gasteiger partial charge in [-0.2, -0.15) is 5.10 Å². The molecule has 2 N–H and O–H groups in total. The third-order valence-electron chi connectivity index (χ3n) is 3.93. The van der Waals surface area contributed by atoms with Gasteiger partial charge in [-0.25, -0.2) is 4.98 Å². The fourth-order valence-electron chi connectivity index (χ4n) is 2.84. The summed E-state index contributed by atoms with van der Waals surface area (Å²) in [4.78, 5) is 6.99. The van der Waals surface area contributed by atoms with Gasteiger partial charge in [0.2, 0.25) is 0 Å². The molecule has 0 atom stereocenters. The summed E-state index contributed by atoms with van der Waals surface area (Å²) in [6, 6.07) is 0. The molecule has 6 heteroatoms. The van der Waals surface area contributed by atoms with Crippen LogP contribution in [0.3, 0.4) is 0 Å². The Morgan fingerprint density at radius 3 is 2.68 bits per heavy atom. The van der Waals surface area contributed by atoms with E-state index in [-0.39, 0.29) is 12.4 Å². The highest BCUT2D eigenvalue weighted by Gasteiger charge is 2.30. The summed E-state index contributed by atoms with van der Waals surface area (Å²) in [5.41, 5.74) is 3.71. The number of nitrogens with zero attached hydrogens (tertiary/aromatic N) is 3. The smallest absolute Gasteiger partial charge is 0.157 e. The lowest BCUT2D eigenvalue weighted by Crippen LogP contribution is -2.44. The monoisotopic (exact) mass is 279 g/mol. The third kappa shape index (κ3) is 2.17. The van der Waals surface area contributed by atoms with Crippen molar-refractivity contribution in [2.75, 3.05) is 31.1 Å². The van der Waals surface area contributed by atoms with Crippen LogP contribution in [-0.4, -0.2) is 41.4 Å². The molecular formula is C13H18ClN5. The van der Waals surface area contributed by atoms with Crippen LogP contribution < -0.4 is 10.2 Å². The highest BCUT2D eigenvalue weighted by atomic mass is 35.5. The van der Waals surface area contributed by atoms with Crippen molar-refractivity contribution in [3.8, 4) is 0 Å². The van der Waals surface area contributed by atoms with E-state index in [9.17, 15) is 0 Å². The van der Waals surface area contributed by atoms with E-state index in [4.69, 9.17) is 0 Å². The topological polar surface area (TPSA) is 56.8 Å². The van der Waals surface area contributed by atoms with Gasteiger partial charge in [0.1, 0.15) is 0 Å². The van der Waals surface area contributed by atoms with Crippen LogP contribution in [0.5, 0.6) is 0 Å². The predicted octanol–water partition coefficient (Wildman–Crippen LogP) is 1.67. The zero-order chi connectivity index (χ0) is 11.9. The Hall–Kier alpha value is -1.33. The summed E-state index contributed by atoms with van der Waals surface area (Å²) in [6.07, 6.45) is 6.59. The van der Waals surface area contributed by atoms with E-state index in [0.29, 0.717) is 0 Å². The van der Waals surface area contributed by atoms with Crippen molar-refractivity contribution < 1.29 is 0 Å². The molecule has 0 radical (unpaired) electrons. The number of nitrogens with one attached hydrogen (secondary N) is 2. The lowest BCUT2D eigenvalue weighted by molar-refractivity contribution is 0.589. The molecule has 2 aromatic heterocycles. The van der Waals surface area contributed by atoms with Crippen molar-refractivity contribution in [3.63, 3.8) is 0 Å². The maximum Gasteiger partial charge on any atom is 0.157 e. The van der Waals surface area contributed by atoms with E-state index in [1.165, 1.54) is 29.5 Å². The Morgan fingerprint density at radius 2 is 1.95 bits per heavy atom. The SMILES string of the molecule is Cl.c1nc2[nH]ncc2c(N2CCNCC2)c1C1CC1. The highest BCUT2D eigenvalue weighted by Crippen LogP contribution is 2.46. The second kappa shape index (κ2) is 4.98. The van der Waals surface area contributed by atoms with E-state index >= 15 is 0 Å². The van der Waals surface area contributed by atoms with E-state index in [1.807, 2.05) is 6.20 Å². The van der Waals surface area contributed by atoms with Gasteiger partial charge in [-0.3, -0.25) is 5.10 Å². The minimum absolute atomic E-state index is 0. The minimum atomic E-state index is 0. The summed E-state index contributed by atoms with van der Waals surface area (Å²) in [5, 5.41) is 11.7. The number of aromatic nitrogens is 3. The molecule has 102 valence electrons. The number of fused-ring (bicyclic) bond motifs is 1. The number of aromatic amines is 1. The number of piperazine rings is 1. The van der Waals surface area contributed by atoms with Gasteiger partial charge in [0.15, 0.2) is 5.65 Å². The Labute approximate surface area is 118 Å². The average molecular weight is 280 g/mol. The van der Waals surface area contributed by atoms with Crippen LogP contribution in [0.15, 0.2) is 12.4 Å². The molecule has 1 saturated heterocycles. The molecule has 2 aromatic rings. The molecule has 2 fully saturated rings. The van der Waals surface area contributed by atoms with E-state index < -0.39 is 0 Å². The molecule has 0 spiro atoms. The van der Waals surface area contributed by atoms with Crippen LogP contribution in [0.25, 0.3) is 11.0 Å². The number of pyridine rings is 1. The van der Waals surface area contributed by atoms with Crippen molar-refractivity contribution in [2.24, 2.45) is 0 Å². The Morgan fingerprint density at radius 1 is 1.16 bits per heavy atom. The molecule has 0 aromatic carbocycles. The van der Waals surface area contributed by atoms with Gasteiger partial charge in [-0.1, -0.05) is 0 Å². The lowest BCUT2D eigenvalue weighted by Gasteiger charge is -2.31. The van der Waals surface area contributed by atoms with Crippen LogP contribution in [0.1, 0.15) is 24.3 Å². The number of rotatable bonds is 2. The summed E-state index contributed by atoms with van der Waals surface area (Å²) in [5.74, 6) is 0.724. The van der Waals surface area contributed by atoms with Crippen LogP contribution in [0.2, 0.25) is 0 Å². The van der Waals surface area contributed by atoms with E-state index in [0.717, 1.165) is 37.7 Å². The minimum Gasteiger partial charge on any atom is -0.368 e. The van der Waals surface area contributed by atoms with Gasteiger partial charge in [-0.15, -0.1) is 12.4 Å². The molecule has 19 heavy (non-hydrogen) atoms. The first kappa shape index (κ1) is 12.7. The fraction of sp³-hybridized carbons (Fsp3) is 0.538. The van der Waals surface area contributed by atoms with Crippen molar-refractivity contribution in [2.45, 2.75) is 18.8 Å². The van der Waals surface area contributed by atoms with Crippen molar-refractivity contribution in [1.29, 1.82) is 0 Å². The molecule has 3 heterocycles. The normalized spacial score (nSPS) is 19.5. The summed E-state index contributed by atoms with van der Waals surface area (Å²) >= 11 is 0. The van der Waals surface area contributed by atoms with Crippen LogP contribution in [0.4, 0.5) is 5.69 Å². The van der Waals surface area contributed by atoms with Gasteiger partial charge < -0.3 is 10.2 Å².